The Morgan fingerprint density at radius 1 is 0.462 bits per heavy atom. The number of rotatable bonds is 4. The summed E-state index contributed by atoms with van der Waals surface area (Å²) in [5.41, 5.74) is 7.40. The van der Waals surface area contributed by atoms with Crippen LogP contribution in [0.2, 0.25) is 0 Å². The van der Waals surface area contributed by atoms with Gasteiger partial charge in [0.05, 0.1) is 28.5 Å². The molecule has 5 aromatic rings. The van der Waals surface area contributed by atoms with Crippen molar-refractivity contribution < 1.29 is 13.2 Å². The fraction of sp³-hybridized carbons (Fsp3) is 0.0444. The van der Waals surface area contributed by atoms with Crippen LogP contribution in [0.3, 0.4) is 0 Å². The van der Waals surface area contributed by atoms with E-state index in [1.165, 1.54) is 6.20 Å². The Morgan fingerprint density at radius 3 is 1.31 bits per heavy atom. The Kier molecular flexibility index (Phi) is 7.62. The van der Waals surface area contributed by atoms with E-state index in [0.29, 0.717) is 45.1 Å². The molecule has 0 aliphatic carbocycles. The molecule has 52 heavy (non-hydrogen) atoms. The highest BCUT2D eigenvalue weighted by Crippen LogP contribution is 2.48. The molecule has 4 nitrogen and oxygen atoms in total. The average molecular weight is 683 g/mol. The summed E-state index contributed by atoms with van der Waals surface area (Å²) in [6.45, 7) is 0. The SMILES string of the molecule is FC(F)(F)C1C2=CN=C1C(c1ccccc1)=C1C=CC(=N1)C(c1ccccc1)=c1ccc([nH]1)=C(c1ccccc1)C1=NC(=C2c2ccccc2)C=C1. The molecule has 1 aromatic heterocycles. The number of aromatic amines is 1. The Bertz CT molecular complexity index is 2440. The maximum Gasteiger partial charge on any atom is 0.401 e. The van der Waals surface area contributed by atoms with Crippen molar-refractivity contribution in [2.24, 2.45) is 20.9 Å². The average Bonchev–Trinajstić information content (AvgIpc) is 4.00. The molecule has 0 saturated heterocycles. The third kappa shape index (κ3) is 5.47. The molecule has 1 unspecified atom stereocenters. The zero-order valence-corrected chi connectivity index (χ0v) is 27.6. The standard InChI is InChI=1S/C45H29F3N4/c46-45(47,48)43-32-27-49-44(43)42(31-19-11-4-12-20-31)38-26-25-37(52-38)41(30-17-9-3-10-18-30)36-24-23-35(51-36)40(29-15-7-2-8-16-29)34-22-21-33(50-34)39(32)28-13-5-1-6-14-28/h1-27,43,51H. The second kappa shape index (κ2) is 12.6. The van der Waals surface area contributed by atoms with Crippen LogP contribution in [0.4, 0.5) is 13.2 Å². The first kappa shape index (κ1) is 31.4. The van der Waals surface area contributed by atoms with Gasteiger partial charge in [0.2, 0.25) is 0 Å². The van der Waals surface area contributed by atoms with E-state index in [1.807, 2.05) is 152 Å². The molecular formula is C45H29F3N4. The van der Waals surface area contributed by atoms with Gasteiger partial charge in [-0.05, 0) is 64.3 Å². The number of fused-ring (bicyclic) bond motifs is 6. The molecule has 9 rings (SSSR count). The summed E-state index contributed by atoms with van der Waals surface area (Å²) >= 11 is 0. The summed E-state index contributed by atoms with van der Waals surface area (Å²) < 4.78 is 47.1. The monoisotopic (exact) mass is 682 g/mol. The largest absolute Gasteiger partial charge is 0.401 e. The number of nitrogens with zero attached hydrogens (tertiary/aromatic N) is 3. The Labute approximate surface area is 297 Å². The maximum absolute atomic E-state index is 15.7. The van der Waals surface area contributed by atoms with Crippen molar-refractivity contribution in [3.8, 4) is 0 Å². The summed E-state index contributed by atoms with van der Waals surface area (Å²) in [5, 5.41) is 1.63. The first-order valence-electron chi connectivity index (χ1n) is 17.0. The van der Waals surface area contributed by atoms with Crippen LogP contribution in [0.5, 0.6) is 0 Å². The maximum atomic E-state index is 15.7. The molecule has 8 bridgehead atoms. The van der Waals surface area contributed by atoms with Crippen LogP contribution in [0.15, 0.2) is 196 Å². The van der Waals surface area contributed by atoms with Gasteiger partial charge in [0.1, 0.15) is 5.92 Å². The minimum atomic E-state index is -4.68. The van der Waals surface area contributed by atoms with Gasteiger partial charge in [-0.25, -0.2) is 9.98 Å². The summed E-state index contributed by atoms with van der Waals surface area (Å²) in [6.07, 6.45) is 4.05. The zero-order chi connectivity index (χ0) is 35.2. The predicted octanol–water partition coefficient (Wildman–Crippen LogP) is 8.79. The molecule has 1 N–H and O–H groups in total. The number of benzene rings is 4. The highest BCUT2D eigenvalue weighted by Gasteiger charge is 2.50. The van der Waals surface area contributed by atoms with Gasteiger partial charge >= 0.3 is 6.18 Å². The quantitative estimate of drug-likeness (QED) is 0.197. The highest BCUT2D eigenvalue weighted by atomic mass is 19.4. The van der Waals surface area contributed by atoms with Gasteiger partial charge in [-0.15, -0.1) is 0 Å². The molecular weight excluding hydrogens is 654 g/mol. The molecule has 0 radical (unpaired) electrons. The molecule has 4 aliphatic rings. The van der Waals surface area contributed by atoms with Crippen molar-refractivity contribution in [2.45, 2.75) is 6.18 Å². The van der Waals surface area contributed by atoms with Crippen LogP contribution in [0.25, 0.3) is 22.3 Å². The molecule has 0 saturated carbocycles. The van der Waals surface area contributed by atoms with E-state index in [4.69, 9.17) is 9.98 Å². The van der Waals surface area contributed by atoms with Crippen LogP contribution < -0.4 is 10.7 Å². The topological polar surface area (TPSA) is 52.9 Å². The van der Waals surface area contributed by atoms with Crippen LogP contribution in [-0.4, -0.2) is 28.3 Å². The van der Waals surface area contributed by atoms with E-state index < -0.39 is 12.1 Å². The third-order valence-corrected chi connectivity index (χ3v) is 9.58. The highest BCUT2D eigenvalue weighted by molar-refractivity contribution is 6.34. The summed E-state index contributed by atoms with van der Waals surface area (Å²) in [4.78, 5) is 18.5. The number of hydrogen-bond donors (Lipinski definition) is 1. The van der Waals surface area contributed by atoms with Crippen molar-refractivity contribution in [1.82, 2.24) is 4.98 Å². The van der Waals surface area contributed by atoms with Gasteiger partial charge in [0, 0.05) is 39.2 Å². The third-order valence-electron chi connectivity index (χ3n) is 9.58. The normalized spacial score (nSPS) is 18.2. The van der Waals surface area contributed by atoms with Crippen LogP contribution in [0, 0.1) is 5.92 Å². The molecule has 0 spiro atoms. The van der Waals surface area contributed by atoms with Gasteiger partial charge < -0.3 is 4.98 Å². The minimum absolute atomic E-state index is 0.0330. The van der Waals surface area contributed by atoms with Gasteiger partial charge in [0.25, 0.3) is 0 Å². The van der Waals surface area contributed by atoms with Crippen molar-refractivity contribution >= 4 is 39.4 Å². The smallest absolute Gasteiger partial charge is 0.354 e. The van der Waals surface area contributed by atoms with E-state index in [0.717, 1.165) is 33.0 Å². The number of aromatic nitrogens is 1. The van der Waals surface area contributed by atoms with Crippen LogP contribution in [0.1, 0.15) is 22.3 Å². The number of halogens is 3. The Hall–Kier alpha value is -6.60. The van der Waals surface area contributed by atoms with Crippen molar-refractivity contribution in [1.29, 1.82) is 0 Å². The molecule has 1 atom stereocenters. The molecule has 4 aromatic carbocycles. The number of nitrogens with one attached hydrogen (secondary N) is 1. The van der Waals surface area contributed by atoms with Crippen molar-refractivity contribution in [3.05, 3.63) is 214 Å². The van der Waals surface area contributed by atoms with E-state index >= 15 is 13.2 Å². The molecule has 4 aliphatic heterocycles. The van der Waals surface area contributed by atoms with E-state index in [1.54, 1.807) is 6.08 Å². The van der Waals surface area contributed by atoms with Crippen LogP contribution in [-0.2, 0) is 0 Å². The molecule has 0 amide bonds. The van der Waals surface area contributed by atoms with Gasteiger partial charge in [-0.2, -0.15) is 13.2 Å². The van der Waals surface area contributed by atoms with E-state index in [-0.39, 0.29) is 11.3 Å². The van der Waals surface area contributed by atoms with Gasteiger partial charge in [-0.3, -0.25) is 4.99 Å². The Morgan fingerprint density at radius 2 is 0.865 bits per heavy atom. The summed E-state index contributed by atoms with van der Waals surface area (Å²) in [6, 6.07) is 42.1. The second-order valence-corrected chi connectivity index (χ2v) is 12.8. The number of aliphatic imine (C=N–C) groups is 3. The first-order valence-corrected chi connectivity index (χ1v) is 17.0. The van der Waals surface area contributed by atoms with Gasteiger partial charge in [-0.1, -0.05) is 121 Å². The fourth-order valence-corrected chi connectivity index (χ4v) is 7.34. The number of hydrogen-bond acceptors (Lipinski definition) is 3. The van der Waals surface area contributed by atoms with Crippen molar-refractivity contribution in [3.63, 3.8) is 0 Å². The minimum Gasteiger partial charge on any atom is -0.354 e. The van der Waals surface area contributed by atoms with Gasteiger partial charge in [0.15, 0.2) is 0 Å². The number of allylic oxidation sites excluding steroid dienone is 7. The number of H-pyrrole nitrogens is 1. The Balaban J connectivity index is 1.43. The molecule has 5 heterocycles. The molecule has 0 fully saturated rings. The fourth-order valence-electron chi connectivity index (χ4n) is 7.34. The predicted molar refractivity (Wildman–Crippen MR) is 203 cm³/mol. The summed E-state index contributed by atoms with van der Waals surface area (Å²) in [5.74, 6) is -2.04. The van der Waals surface area contributed by atoms with E-state index in [9.17, 15) is 0 Å². The van der Waals surface area contributed by atoms with E-state index in [2.05, 4.69) is 9.98 Å². The lowest BCUT2D eigenvalue weighted by Crippen LogP contribution is -2.32. The second-order valence-electron chi connectivity index (χ2n) is 12.8. The zero-order valence-electron chi connectivity index (χ0n) is 27.6. The van der Waals surface area contributed by atoms with Crippen LogP contribution >= 0.6 is 0 Å². The lowest BCUT2D eigenvalue weighted by atomic mass is 9.81. The van der Waals surface area contributed by atoms with Crippen molar-refractivity contribution in [2.75, 3.05) is 0 Å². The first-order chi connectivity index (χ1) is 25.4. The lowest BCUT2D eigenvalue weighted by molar-refractivity contribution is -0.144. The molecule has 250 valence electrons. The number of alkyl halides is 3. The molecule has 7 heteroatoms. The lowest BCUT2D eigenvalue weighted by Gasteiger charge is -2.25. The summed E-state index contributed by atoms with van der Waals surface area (Å²) in [7, 11) is 0.